The number of carbonyl (C=O) groups excluding carboxylic acids is 1. The van der Waals surface area contributed by atoms with Crippen LogP contribution in [0.25, 0.3) is 11.1 Å². The Morgan fingerprint density at radius 2 is 1.67 bits per heavy atom. The number of aryl methyl sites for hydroxylation is 1. The highest BCUT2D eigenvalue weighted by atomic mass is 16.1. The number of hydrogen-bond donors (Lipinski definition) is 1. The highest BCUT2D eigenvalue weighted by Crippen LogP contribution is 2.19. The van der Waals surface area contributed by atoms with Crippen LogP contribution in [0.1, 0.15) is 38.4 Å². The third-order valence-corrected chi connectivity index (χ3v) is 6.72. The van der Waals surface area contributed by atoms with Gasteiger partial charge >= 0.3 is 0 Å². The first kappa shape index (κ1) is 24.0. The maximum atomic E-state index is 13.0. The quantitative estimate of drug-likeness (QED) is 0.382. The summed E-state index contributed by atoms with van der Waals surface area (Å²) >= 11 is 0. The Balaban J connectivity index is 1.22. The van der Waals surface area contributed by atoms with E-state index in [1.54, 1.807) is 6.20 Å². The Labute approximate surface area is 212 Å². The zero-order valence-electron chi connectivity index (χ0n) is 20.7. The molecule has 0 saturated carbocycles. The Hall–Kier alpha value is -3.74. The van der Waals surface area contributed by atoms with Gasteiger partial charge in [-0.25, -0.2) is 9.97 Å². The second kappa shape index (κ2) is 11.3. The van der Waals surface area contributed by atoms with Gasteiger partial charge in [0.1, 0.15) is 5.82 Å². The van der Waals surface area contributed by atoms with E-state index in [2.05, 4.69) is 56.4 Å². The number of pyridine rings is 1. The van der Waals surface area contributed by atoms with Gasteiger partial charge in [-0.05, 0) is 35.2 Å². The van der Waals surface area contributed by atoms with Crippen molar-refractivity contribution in [2.24, 2.45) is 0 Å². The van der Waals surface area contributed by atoms with Gasteiger partial charge in [-0.15, -0.1) is 0 Å². The predicted octanol–water partition coefficient (Wildman–Crippen LogP) is 4.27. The molecule has 2 aromatic carbocycles. The van der Waals surface area contributed by atoms with Gasteiger partial charge in [-0.1, -0.05) is 48.5 Å². The van der Waals surface area contributed by atoms with Gasteiger partial charge in [0.2, 0.25) is 0 Å². The molecule has 2 aromatic heterocycles. The SMILES string of the molecule is Cc1ccc(CC(=O)c2ccc(CN3CCNCC3)cc2)cc1Cc1ncc(-c2cccnc2)cn1. The van der Waals surface area contributed by atoms with Crippen molar-refractivity contribution in [1.82, 2.24) is 25.2 Å². The van der Waals surface area contributed by atoms with Gasteiger partial charge in [0.25, 0.3) is 0 Å². The van der Waals surface area contributed by atoms with Crippen LogP contribution in [0.5, 0.6) is 0 Å². The molecule has 0 amide bonds. The number of piperazine rings is 1. The lowest BCUT2D eigenvalue weighted by molar-refractivity contribution is 0.0993. The largest absolute Gasteiger partial charge is 0.314 e. The second-order valence-electron chi connectivity index (χ2n) is 9.39. The summed E-state index contributed by atoms with van der Waals surface area (Å²) in [5, 5.41) is 3.38. The van der Waals surface area contributed by atoms with E-state index in [0.717, 1.165) is 66.4 Å². The normalized spacial score (nSPS) is 14.0. The predicted molar refractivity (Wildman–Crippen MR) is 142 cm³/mol. The molecule has 0 radical (unpaired) electrons. The Morgan fingerprint density at radius 1 is 0.917 bits per heavy atom. The molecular formula is C30H31N5O. The van der Waals surface area contributed by atoms with Crippen molar-refractivity contribution < 1.29 is 4.79 Å². The third-order valence-electron chi connectivity index (χ3n) is 6.72. The Morgan fingerprint density at radius 3 is 2.39 bits per heavy atom. The molecule has 0 unspecified atom stereocenters. The molecule has 1 fully saturated rings. The Kier molecular flexibility index (Phi) is 7.55. The molecule has 182 valence electrons. The van der Waals surface area contributed by atoms with Crippen LogP contribution in [-0.2, 0) is 19.4 Å². The highest BCUT2D eigenvalue weighted by molar-refractivity contribution is 5.97. The molecule has 6 nitrogen and oxygen atoms in total. The molecule has 0 atom stereocenters. The zero-order valence-corrected chi connectivity index (χ0v) is 20.7. The lowest BCUT2D eigenvalue weighted by atomic mass is 9.97. The maximum Gasteiger partial charge on any atom is 0.167 e. The third kappa shape index (κ3) is 6.08. The van der Waals surface area contributed by atoms with Crippen LogP contribution in [0.2, 0.25) is 0 Å². The molecule has 6 heteroatoms. The topological polar surface area (TPSA) is 71.0 Å². The number of benzene rings is 2. The summed E-state index contributed by atoms with van der Waals surface area (Å²) in [5.41, 5.74) is 7.28. The van der Waals surface area contributed by atoms with Crippen molar-refractivity contribution in [2.75, 3.05) is 26.2 Å². The lowest BCUT2D eigenvalue weighted by Gasteiger charge is -2.27. The number of nitrogens with zero attached hydrogens (tertiary/aromatic N) is 4. The minimum absolute atomic E-state index is 0.135. The van der Waals surface area contributed by atoms with Crippen LogP contribution in [0.3, 0.4) is 0 Å². The van der Waals surface area contributed by atoms with Crippen molar-refractivity contribution >= 4 is 5.78 Å². The van der Waals surface area contributed by atoms with Gasteiger partial charge in [0.15, 0.2) is 5.78 Å². The van der Waals surface area contributed by atoms with Gasteiger partial charge in [0, 0.05) is 87.0 Å². The molecule has 1 aliphatic heterocycles. The zero-order chi connectivity index (χ0) is 24.7. The standard InChI is InChI=1S/C30H31N5O/c1-22-4-5-24(15-27(22)17-30-33-19-28(20-34-30)26-3-2-10-32-18-26)16-29(36)25-8-6-23(7-9-25)21-35-13-11-31-12-14-35/h2-10,15,18-20,31H,11-14,16-17,21H2,1H3. The van der Waals surface area contributed by atoms with Crippen LogP contribution < -0.4 is 5.32 Å². The van der Waals surface area contributed by atoms with E-state index in [4.69, 9.17) is 0 Å². The van der Waals surface area contributed by atoms with E-state index in [9.17, 15) is 4.79 Å². The van der Waals surface area contributed by atoms with E-state index >= 15 is 0 Å². The first-order valence-corrected chi connectivity index (χ1v) is 12.5. The van der Waals surface area contributed by atoms with Gasteiger partial charge in [0.05, 0.1) is 0 Å². The molecule has 3 heterocycles. The fourth-order valence-electron chi connectivity index (χ4n) is 4.54. The summed E-state index contributed by atoms with van der Waals surface area (Å²) in [6, 6.07) is 18.2. The smallest absolute Gasteiger partial charge is 0.167 e. The average molecular weight is 478 g/mol. The second-order valence-corrected chi connectivity index (χ2v) is 9.39. The monoisotopic (exact) mass is 477 g/mol. The van der Waals surface area contributed by atoms with Crippen molar-refractivity contribution in [3.63, 3.8) is 0 Å². The van der Waals surface area contributed by atoms with Crippen LogP contribution in [0.4, 0.5) is 0 Å². The van der Waals surface area contributed by atoms with Crippen molar-refractivity contribution in [1.29, 1.82) is 0 Å². The molecular weight excluding hydrogens is 446 g/mol. The van der Waals surface area contributed by atoms with Gasteiger partial charge in [-0.2, -0.15) is 0 Å². The molecule has 0 spiro atoms. The molecule has 4 aromatic rings. The van der Waals surface area contributed by atoms with E-state index in [-0.39, 0.29) is 5.78 Å². The maximum absolute atomic E-state index is 13.0. The van der Waals surface area contributed by atoms with E-state index in [1.165, 1.54) is 11.1 Å². The highest BCUT2D eigenvalue weighted by Gasteiger charge is 2.12. The van der Waals surface area contributed by atoms with Crippen LogP contribution >= 0.6 is 0 Å². The number of nitrogens with one attached hydrogen (secondary N) is 1. The minimum Gasteiger partial charge on any atom is -0.314 e. The summed E-state index contributed by atoms with van der Waals surface area (Å²) in [6.45, 7) is 7.23. The van der Waals surface area contributed by atoms with Crippen molar-refractivity contribution in [3.8, 4) is 11.1 Å². The fourth-order valence-corrected chi connectivity index (χ4v) is 4.54. The van der Waals surface area contributed by atoms with Gasteiger partial charge < -0.3 is 5.32 Å². The molecule has 1 aliphatic rings. The van der Waals surface area contributed by atoms with Crippen LogP contribution in [-0.4, -0.2) is 51.8 Å². The summed E-state index contributed by atoms with van der Waals surface area (Å²) in [6.07, 6.45) is 8.25. The number of carbonyl (C=O) groups is 1. The first-order valence-electron chi connectivity index (χ1n) is 12.5. The van der Waals surface area contributed by atoms with Crippen molar-refractivity contribution in [3.05, 3.63) is 113 Å². The molecule has 0 aliphatic carbocycles. The number of ketones is 1. The Bertz CT molecular complexity index is 1300. The van der Waals surface area contributed by atoms with Crippen LogP contribution in [0.15, 0.2) is 79.4 Å². The average Bonchev–Trinajstić information content (AvgIpc) is 2.92. The van der Waals surface area contributed by atoms with E-state index in [1.807, 2.05) is 48.9 Å². The van der Waals surface area contributed by atoms with Gasteiger partial charge in [-0.3, -0.25) is 14.7 Å². The first-order chi connectivity index (χ1) is 17.6. The van der Waals surface area contributed by atoms with Crippen molar-refractivity contribution in [2.45, 2.75) is 26.3 Å². The summed E-state index contributed by atoms with van der Waals surface area (Å²) in [5.74, 6) is 0.893. The fraction of sp³-hybridized carbons (Fsp3) is 0.267. The van der Waals surface area contributed by atoms with E-state index < -0.39 is 0 Å². The number of Topliss-reactive ketones (excluding diaryl/α,β-unsaturated/α-hetero) is 1. The summed E-state index contributed by atoms with van der Waals surface area (Å²) in [4.78, 5) is 28.7. The molecule has 0 bridgehead atoms. The van der Waals surface area contributed by atoms with E-state index in [0.29, 0.717) is 12.8 Å². The van der Waals surface area contributed by atoms with Crippen LogP contribution in [0, 0.1) is 6.92 Å². The number of aromatic nitrogens is 3. The molecule has 1 N–H and O–H groups in total. The lowest BCUT2D eigenvalue weighted by Crippen LogP contribution is -2.42. The number of rotatable bonds is 8. The summed E-state index contributed by atoms with van der Waals surface area (Å²) < 4.78 is 0. The minimum atomic E-state index is 0.135. The molecule has 5 rings (SSSR count). The summed E-state index contributed by atoms with van der Waals surface area (Å²) in [7, 11) is 0. The molecule has 1 saturated heterocycles. The number of hydrogen-bond acceptors (Lipinski definition) is 6. The molecule has 36 heavy (non-hydrogen) atoms.